The minimum Gasteiger partial charge on any atom is -0.371 e. The van der Waals surface area contributed by atoms with Gasteiger partial charge in [-0.3, -0.25) is 0 Å². The van der Waals surface area contributed by atoms with Gasteiger partial charge < -0.3 is 10.1 Å². The quantitative estimate of drug-likeness (QED) is 0.887. The van der Waals surface area contributed by atoms with Crippen LogP contribution in [0.4, 0.5) is 0 Å². The van der Waals surface area contributed by atoms with Crippen molar-refractivity contribution in [3.05, 3.63) is 28.8 Å². The number of hydrogen-bond acceptors (Lipinski definition) is 4. The maximum atomic E-state index is 11.7. The molecule has 1 atom stereocenters. The number of halogens is 1. The van der Waals surface area contributed by atoms with E-state index in [1.807, 2.05) is 0 Å². The van der Waals surface area contributed by atoms with E-state index < -0.39 is 9.84 Å². The molecule has 1 aliphatic rings. The zero-order chi connectivity index (χ0) is 12.5. The molecule has 1 unspecified atom stereocenters. The molecule has 0 spiro atoms. The van der Waals surface area contributed by atoms with Crippen molar-refractivity contribution < 1.29 is 13.2 Å². The highest BCUT2D eigenvalue weighted by Crippen LogP contribution is 2.32. The molecule has 1 aromatic carbocycles. The van der Waals surface area contributed by atoms with Gasteiger partial charge in [-0.2, -0.15) is 0 Å². The first-order valence-electron chi connectivity index (χ1n) is 5.31. The van der Waals surface area contributed by atoms with Gasteiger partial charge in [-0.05, 0) is 12.1 Å². The largest absolute Gasteiger partial charge is 0.371 e. The summed E-state index contributed by atoms with van der Waals surface area (Å²) in [5.74, 6) is 0. The van der Waals surface area contributed by atoms with Crippen molar-refractivity contribution in [1.29, 1.82) is 0 Å². The summed E-state index contributed by atoms with van der Waals surface area (Å²) in [4.78, 5) is 0.249. The minimum absolute atomic E-state index is 0.249. The van der Waals surface area contributed by atoms with E-state index in [0.717, 1.165) is 6.54 Å². The van der Waals surface area contributed by atoms with E-state index in [9.17, 15) is 8.42 Å². The SMILES string of the molecule is CS(=O)(=O)c1cccc(Cl)c1C1CNCCO1. The lowest BCUT2D eigenvalue weighted by Gasteiger charge is -2.26. The Morgan fingerprint density at radius 2 is 2.24 bits per heavy atom. The average molecular weight is 276 g/mol. The Kier molecular flexibility index (Phi) is 3.73. The molecule has 1 heterocycles. The van der Waals surface area contributed by atoms with E-state index in [-0.39, 0.29) is 11.0 Å². The summed E-state index contributed by atoms with van der Waals surface area (Å²) in [6.07, 6.45) is 0.875. The third-order valence-corrected chi connectivity index (χ3v) is 4.15. The molecule has 0 aromatic heterocycles. The zero-order valence-corrected chi connectivity index (χ0v) is 11.0. The fraction of sp³-hybridized carbons (Fsp3) is 0.455. The summed E-state index contributed by atoms with van der Waals surface area (Å²) in [5, 5.41) is 3.59. The minimum atomic E-state index is -3.30. The van der Waals surface area contributed by atoms with Crippen LogP contribution in [0, 0.1) is 0 Å². The Morgan fingerprint density at radius 3 is 2.82 bits per heavy atom. The lowest BCUT2D eigenvalue weighted by atomic mass is 10.1. The van der Waals surface area contributed by atoms with E-state index in [2.05, 4.69) is 5.32 Å². The molecule has 0 bridgehead atoms. The predicted octanol–water partition coefficient (Wildman–Crippen LogP) is 1.40. The second-order valence-electron chi connectivity index (χ2n) is 3.99. The van der Waals surface area contributed by atoms with Crippen LogP contribution >= 0.6 is 11.6 Å². The van der Waals surface area contributed by atoms with Crippen LogP contribution < -0.4 is 5.32 Å². The Bertz CT molecular complexity index is 509. The van der Waals surface area contributed by atoms with Gasteiger partial charge >= 0.3 is 0 Å². The van der Waals surface area contributed by atoms with Crippen molar-refractivity contribution in [2.24, 2.45) is 0 Å². The van der Waals surface area contributed by atoms with Gasteiger partial charge in [-0.1, -0.05) is 17.7 Å². The van der Waals surface area contributed by atoms with Crippen molar-refractivity contribution in [2.45, 2.75) is 11.0 Å². The first kappa shape index (κ1) is 12.8. The molecule has 1 N–H and O–H groups in total. The summed E-state index contributed by atoms with van der Waals surface area (Å²) in [5.41, 5.74) is 0.559. The first-order valence-corrected chi connectivity index (χ1v) is 7.58. The van der Waals surface area contributed by atoms with Gasteiger partial charge in [0.25, 0.3) is 0 Å². The molecule has 6 heteroatoms. The van der Waals surface area contributed by atoms with Gasteiger partial charge in [0.05, 0.1) is 17.6 Å². The maximum Gasteiger partial charge on any atom is 0.175 e. The summed E-state index contributed by atoms with van der Waals surface area (Å²) < 4.78 is 29.0. The number of benzene rings is 1. The smallest absolute Gasteiger partial charge is 0.175 e. The Labute approximate surface area is 106 Å². The highest BCUT2D eigenvalue weighted by molar-refractivity contribution is 7.90. The fourth-order valence-corrected chi connectivity index (χ4v) is 3.22. The fourth-order valence-electron chi connectivity index (χ4n) is 1.90. The van der Waals surface area contributed by atoms with E-state index in [4.69, 9.17) is 16.3 Å². The molecule has 2 rings (SSSR count). The molecule has 1 saturated heterocycles. The van der Waals surface area contributed by atoms with E-state index in [0.29, 0.717) is 23.7 Å². The Hall–Kier alpha value is -0.620. The van der Waals surface area contributed by atoms with Crippen LogP contribution in [-0.4, -0.2) is 34.4 Å². The molecule has 0 saturated carbocycles. The monoisotopic (exact) mass is 275 g/mol. The van der Waals surface area contributed by atoms with Crippen molar-refractivity contribution in [1.82, 2.24) is 5.32 Å². The van der Waals surface area contributed by atoms with Crippen LogP contribution in [0.25, 0.3) is 0 Å². The third kappa shape index (κ3) is 2.80. The average Bonchev–Trinajstić information content (AvgIpc) is 2.28. The summed E-state index contributed by atoms with van der Waals surface area (Å²) in [6.45, 7) is 1.90. The highest BCUT2D eigenvalue weighted by Gasteiger charge is 2.25. The van der Waals surface area contributed by atoms with Crippen LogP contribution in [-0.2, 0) is 14.6 Å². The second-order valence-corrected chi connectivity index (χ2v) is 6.38. The molecule has 1 aliphatic heterocycles. The van der Waals surface area contributed by atoms with Gasteiger partial charge in [-0.15, -0.1) is 0 Å². The number of morpholine rings is 1. The van der Waals surface area contributed by atoms with Crippen molar-refractivity contribution >= 4 is 21.4 Å². The van der Waals surface area contributed by atoms with E-state index >= 15 is 0 Å². The highest BCUT2D eigenvalue weighted by atomic mass is 35.5. The molecule has 94 valence electrons. The van der Waals surface area contributed by atoms with E-state index in [1.54, 1.807) is 18.2 Å². The van der Waals surface area contributed by atoms with Gasteiger partial charge in [0.2, 0.25) is 0 Å². The second kappa shape index (κ2) is 4.94. The van der Waals surface area contributed by atoms with Crippen molar-refractivity contribution in [3.63, 3.8) is 0 Å². The number of sulfone groups is 1. The number of nitrogens with one attached hydrogen (secondary N) is 1. The van der Waals surface area contributed by atoms with Crippen molar-refractivity contribution in [2.75, 3.05) is 26.0 Å². The van der Waals surface area contributed by atoms with Gasteiger partial charge in [-0.25, -0.2) is 8.42 Å². The lowest BCUT2D eigenvalue weighted by molar-refractivity contribution is 0.0260. The van der Waals surface area contributed by atoms with Crippen LogP contribution in [0.2, 0.25) is 5.02 Å². The third-order valence-electron chi connectivity index (χ3n) is 2.66. The molecule has 0 aliphatic carbocycles. The van der Waals surface area contributed by atoms with Crippen LogP contribution in [0.15, 0.2) is 23.1 Å². The first-order chi connectivity index (χ1) is 8.00. The molecule has 1 fully saturated rings. The number of hydrogen-bond donors (Lipinski definition) is 1. The van der Waals surface area contributed by atoms with Gasteiger partial charge in [0.15, 0.2) is 9.84 Å². The maximum absolute atomic E-state index is 11.7. The zero-order valence-electron chi connectivity index (χ0n) is 9.44. The number of rotatable bonds is 2. The number of ether oxygens (including phenoxy) is 1. The lowest BCUT2D eigenvalue weighted by Crippen LogP contribution is -2.34. The predicted molar refractivity (Wildman–Crippen MR) is 66.1 cm³/mol. The Balaban J connectivity index is 2.50. The molecular weight excluding hydrogens is 262 g/mol. The molecular formula is C11H14ClNO3S. The normalized spacial score (nSPS) is 21.4. The summed E-state index contributed by atoms with van der Waals surface area (Å²) >= 11 is 6.10. The molecule has 1 aromatic rings. The molecule has 17 heavy (non-hydrogen) atoms. The van der Waals surface area contributed by atoms with Gasteiger partial charge in [0.1, 0.15) is 0 Å². The van der Waals surface area contributed by atoms with Crippen LogP contribution in [0.5, 0.6) is 0 Å². The summed E-state index contributed by atoms with van der Waals surface area (Å²) in [7, 11) is -3.30. The standard InChI is InChI=1S/C11H14ClNO3S/c1-17(14,15)10-4-2-3-8(12)11(10)9-7-13-5-6-16-9/h2-4,9,13H,5-7H2,1H3. The van der Waals surface area contributed by atoms with E-state index in [1.165, 1.54) is 6.26 Å². The molecule has 4 nitrogen and oxygen atoms in total. The topological polar surface area (TPSA) is 55.4 Å². The van der Waals surface area contributed by atoms with Gasteiger partial charge in [0, 0.05) is 29.9 Å². The molecule has 0 radical (unpaired) electrons. The van der Waals surface area contributed by atoms with Crippen molar-refractivity contribution in [3.8, 4) is 0 Å². The van der Waals surface area contributed by atoms with Crippen LogP contribution in [0.1, 0.15) is 11.7 Å². The summed E-state index contributed by atoms with van der Waals surface area (Å²) in [6, 6.07) is 4.89. The van der Waals surface area contributed by atoms with Crippen LogP contribution in [0.3, 0.4) is 0 Å². The molecule has 0 amide bonds. The Morgan fingerprint density at radius 1 is 1.47 bits per heavy atom.